The summed E-state index contributed by atoms with van der Waals surface area (Å²) in [5.74, 6) is -0.147. The number of halogens is 2. The van der Waals surface area contributed by atoms with Crippen LogP contribution in [0.15, 0.2) is 41.3 Å². The minimum absolute atomic E-state index is 0.0453. The van der Waals surface area contributed by atoms with Crippen molar-refractivity contribution >= 4 is 21.6 Å². The van der Waals surface area contributed by atoms with E-state index in [4.69, 9.17) is 21.5 Å². The standard InChI is InChI=1S/C20H26ClFN2O4S/c1-13-4-7-17(21)19(8-13)28-12-15(25)11-24-20(2,3)10-14-5-6-16(9-18(14)22)29(23,26)27/h4-9,15,24-25H,10-12H2,1-3H3,(H2,23,26,27)/t15-/m0/s1. The van der Waals surface area contributed by atoms with Crippen LogP contribution in [0.3, 0.4) is 0 Å². The van der Waals surface area contributed by atoms with Gasteiger partial charge in [-0.25, -0.2) is 17.9 Å². The van der Waals surface area contributed by atoms with Crippen LogP contribution in [-0.2, 0) is 16.4 Å². The molecule has 0 aliphatic heterocycles. The number of nitrogens with one attached hydrogen (secondary N) is 1. The average molecular weight is 445 g/mol. The van der Waals surface area contributed by atoms with Gasteiger partial charge in [-0.2, -0.15) is 0 Å². The molecule has 0 amide bonds. The molecule has 160 valence electrons. The summed E-state index contributed by atoms with van der Waals surface area (Å²) < 4.78 is 42.5. The van der Waals surface area contributed by atoms with E-state index in [2.05, 4.69) is 5.32 Å². The summed E-state index contributed by atoms with van der Waals surface area (Å²) >= 11 is 6.07. The Morgan fingerprint density at radius 3 is 2.59 bits per heavy atom. The number of β-amino-alcohol motifs (C(OH)–C–C–N with tert-alkyl or cyclic N) is 1. The number of benzene rings is 2. The lowest BCUT2D eigenvalue weighted by atomic mass is 9.94. The second-order valence-corrected chi connectivity index (χ2v) is 9.61. The van der Waals surface area contributed by atoms with E-state index in [1.165, 1.54) is 12.1 Å². The monoisotopic (exact) mass is 444 g/mol. The Kier molecular flexibility index (Phi) is 7.64. The molecule has 0 heterocycles. The van der Waals surface area contributed by atoms with E-state index in [0.29, 0.717) is 16.3 Å². The smallest absolute Gasteiger partial charge is 0.238 e. The molecule has 0 spiro atoms. The van der Waals surface area contributed by atoms with Crippen LogP contribution in [0, 0.1) is 12.7 Å². The second kappa shape index (κ2) is 9.40. The molecule has 0 saturated carbocycles. The Labute approximate surface area is 175 Å². The number of rotatable bonds is 9. The Balaban J connectivity index is 1.91. The average Bonchev–Trinajstić information content (AvgIpc) is 2.61. The van der Waals surface area contributed by atoms with Crippen molar-refractivity contribution in [1.82, 2.24) is 5.32 Å². The minimum atomic E-state index is -3.95. The van der Waals surface area contributed by atoms with Crippen LogP contribution >= 0.6 is 11.6 Å². The topological polar surface area (TPSA) is 102 Å². The fraction of sp³-hybridized carbons (Fsp3) is 0.400. The molecule has 2 rings (SSSR count). The molecule has 29 heavy (non-hydrogen) atoms. The molecule has 0 saturated heterocycles. The lowest BCUT2D eigenvalue weighted by Gasteiger charge is -2.28. The summed E-state index contributed by atoms with van der Waals surface area (Å²) in [6.07, 6.45) is -0.526. The molecular weight excluding hydrogens is 419 g/mol. The van der Waals surface area contributed by atoms with E-state index in [-0.39, 0.29) is 24.5 Å². The molecule has 9 heteroatoms. The predicted molar refractivity (Wildman–Crippen MR) is 111 cm³/mol. The zero-order chi connectivity index (χ0) is 21.8. The molecule has 0 aromatic heterocycles. The normalized spacial score (nSPS) is 13.3. The SMILES string of the molecule is Cc1ccc(Cl)c(OC[C@@H](O)CNC(C)(C)Cc2ccc(S(N)(=O)=O)cc2F)c1. The highest BCUT2D eigenvalue weighted by Gasteiger charge is 2.22. The van der Waals surface area contributed by atoms with Gasteiger partial charge in [0.1, 0.15) is 24.3 Å². The molecule has 0 unspecified atom stereocenters. The highest BCUT2D eigenvalue weighted by Crippen LogP contribution is 2.25. The Hall–Kier alpha value is -1.71. The van der Waals surface area contributed by atoms with Crippen molar-refractivity contribution in [2.24, 2.45) is 5.14 Å². The van der Waals surface area contributed by atoms with Crippen molar-refractivity contribution in [3.63, 3.8) is 0 Å². The van der Waals surface area contributed by atoms with Gasteiger partial charge in [0.15, 0.2) is 0 Å². The number of aliphatic hydroxyl groups is 1. The first-order valence-corrected chi connectivity index (χ1v) is 10.9. The zero-order valence-electron chi connectivity index (χ0n) is 16.6. The van der Waals surface area contributed by atoms with E-state index >= 15 is 0 Å². The summed E-state index contributed by atoms with van der Waals surface area (Å²) in [5.41, 5.74) is 0.770. The van der Waals surface area contributed by atoms with Crippen LogP contribution in [0.1, 0.15) is 25.0 Å². The lowest BCUT2D eigenvalue weighted by Crippen LogP contribution is -2.46. The highest BCUT2D eigenvalue weighted by atomic mass is 35.5. The van der Waals surface area contributed by atoms with E-state index in [1.807, 2.05) is 26.8 Å². The van der Waals surface area contributed by atoms with Crippen LogP contribution in [0.25, 0.3) is 0 Å². The number of primary sulfonamides is 1. The number of ether oxygens (including phenoxy) is 1. The molecule has 0 radical (unpaired) electrons. The molecule has 0 fully saturated rings. The van der Waals surface area contributed by atoms with E-state index in [0.717, 1.165) is 11.6 Å². The predicted octanol–water partition coefficient (Wildman–Crippen LogP) is 2.79. The largest absolute Gasteiger partial charge is 0.489 e. The third-order valence-corrected chi connectivity index (χ3v) is 5.54. The van der Waals surface area contributed by atoms with Crippen molar-refractivity contribution in [1.29, 1.82) is 0 Å². The molecular formula is C20H26ClFN2O4S. The van der Waals surface area contributed by atoms with Crippen molar-refractivity contribution < 1.29 is 22.7 Å². The first-order valence-electron chi connectivity index (χ1n) is 9.01. The Bertz CT molecular complexity index is 967. The van der Waals surface area contributed by atoms with Crippen molar-refractivity contribution in [2.45, 2.75) is 43.7 Å². The van der Waals surface area contributed by atoms with Gasteiger partial charge in [0, 0.05) is 12.1 Å². The number of sulfonamides is 1. The molecule has 0 aliphatic carbocycles. The number of aliphatic hydroxyl groups excluding tert-OH is 1. The van der Waals surface area contributed by atoms with Gasteiger partial charge >= 0.3 is 0 Å². The summed E-state index contributed by atoms with van der Waals surface area (Å²) in [5, 5.41) is 18.8. The quantitative estimate of drug-likeness (QED) is 0.552. The van der Waals surface area contributed by atoms with Crippen LogP contribution < -0.4 is 15.2 Å². The maximum atomic E-state index is 14.3. The van der Waals surface area contributed by atoms with Gasteiger partial charge in [-0.15, -0.1) is 0 Å². The second-order valence-electron chi connectivity index (χ2n) is 7.64. The van der Waals surface area contributed by atoms with Crippen molar-refractivity contribution in [2.75, 3.05) is 13.2 Å². The maximum Gasteiger partial charge on any atom is 0.238 e. The van der Waals surface area contributed by atoms with E-state index < -0.39 is 27.5 Å². The van der Waals surface area contributed by atoms with E-state index in [9.17, 15) is 17.9 Å². The number of hydrogen-bond acceptors (Lipinski definition) is 5. The van der Waals surface area contributed by atoms with Crippen LogP contribution in [0.4, 0.5) is 4.39 Å². The van der Waals surface area contributed by atoms with Crippen molar-refractivity contribution in [3.05, 3.63) is 58.4 Å². The third-order valence-electron chi connectivity index (χ3n) is 4.32. The minimum Gasteiger partial charge on any atom is -0.489 e. The fourth-order valence-electron chi connectivity index (χ4n) is 2.75. The van der Waals surface area contributed by atoms with Gasteiger partial charge in [0.05, 0.1) is 9.92 Å². The highest BCUT2D eigenvalue weighted by molar-refractivity contribution is 7.89. The molecule has 2 aromatic rings. The number of nitrogens with two attached hydrogens (primary N) is 1. The number of hydrogen-bond donors (Lipinski definition) is 3. The molecule has 2 aromatic carbocycles. The van der Waals surface area contributed by atoms with Gasteiger partial charge in [-0.3, -0.25) is 0 Å². The van der Waals surface area contributed by atoms with Crippen molar-refractivity contribution in [3.8, 4) is 5.75 Å². The van der Waals surface area contributed by atoms with Crippen LogP contribution in [0.5, 0.6) is 5.75 Å². The summed E-state index contributed by atoms with van der Waals surface area (Å²) in [6, 6.07) is 8.98. The third kappa shape index (κ3) is 7.24. The summed E-state index contributed by atoms with van der Waals surface area (Å²) in [6.45, 7) is 5.88. The van der Waals surface area contributed by atoms with Gasteiger partial charge in [0.25, 0.3) is 0 Å². The van der Waals surface area contributed by atoms with Gasteiger partial charge in [-0.05, 0) is 62.6 Å². The molecule has 4 N–H and O–H groups in total. The Morgan fingerprint density at radius 1 is 1.28 bits per heavy atom. The molecule has 0 aliphatic rings. The van der Waals surface area contributed by atoms with Gasteiger partial charge < -0.3 is 15.2 Å². The summed E-state index contributed by atoms with van der Waals surface area (Å²) in [4.78, 5) is -0.271. The lowest BCUT2D eigenvalue weighted by molar-refractivity contribution is 0.0988. The first-order chi connectivity index (χ1) is 13.4. The van der Waals surface area contributed by atoms with Gasteiger partial charge in [-0.1, -0.05) is 23.7 Å². The first kappa shape index (κ1) is 23.6. The van der Waals surface area contributed by atoms with Crippen LogP contribution in [-0.4, -0.2) is 38.3 Å². The fourth-order valence-corrected chi connectivity index (χ4v) is 3.44. The molecule has 6 nitrogen and oxygen atoms in total. The molecule has 0 bridgehead atoms. The Morgan fingerprint density at radius 2 is 1.97 bits per heavy atom. The maximum absolute atomic E-state index is 14.3. The van der Waals surface area contributed by atoms with E-state index in [1.54, 1.807) is 12.1 Å². The number of aryl methyl sites for hydroxylation is 1. The molecule has 1 atom stereocenters. The van der Waals surface area contributed by atoms with Crippen LogP contribution in [0.2, 0.25) is 5.02 Å². The zero-order valence-corrected chi connectivity index (χ0v) is 18.1. The summed E-state index contributed by atoms with van der Waals surface area (Å²) in [7, 11) is -3.95. The van der Waals surface area contributed by atoms with Gasteiger partial charge in [0.2, 0.25) is 10.0 Å².